The maximum atomic E-state index is 13.8. The molecule has 0 aliphatic rings. The van der Waals surface area contributed by atoms with Gasteiger partial charge in [-0.25, -0.2) is 12.8 Å². The number of benzene rings is 2. The monoisotopic (exact) mass is 307 g/mol. The van der Waals surface area contributed by atoms with Gasteiger partial charge >= 0.3 is 0 Å². The van der Waals surface area contributed by atoms with E-state index in [1.807, 2.05) is 19.9 Å². The smallest absolute Gasteiger partial charge is 0.175 e. The van der Waals surface area contributed by atoms with E-state index in [4.69, 9.17) is 0 Å². The first kappa shape index (κ1) is 15.5. The van der Waals surface area contributed by atoms with Gasteiger partial charge in [0, 0.05) is 12.3 Å². The van der Waals surface area contributed by atoms with Crippen LogP contribution in [0.1, 0.15) is 24.1 Å². The lowest BCUT2D eigenvalue weighted by Crippen LogP contribution is -2.08. The van der Waals surface area contributed by atoms with Gasteiger partial charge in [0.15, 0.2) is 9.84 Å². The Labute approximate surface area is 124 Å². The van der Waals surface area contributed by atoms with Gasteiger partial charge in [0.25, 0.3) is 0 Å². The topological polar surface area (TPSA) is 46.2 Å². The Morgan fingerprint density at radius 2 is 1.71 bits per heavy atom. The number of hydrogen-bond acceptors (Lipinski definition) is 3. The van der Waals surface area contributed by atoms with Crippen molar-refractivity contribution in [3.63, 3.8) is 0 Å². The minimum absolute atomic E-state index is 0.129. The zero-order chi connectivity index (χ0) is 15.6. The fourth-order valence-corrected chi connectivity index (χ4v) is 2.69. The third-order valence-corrected chi connectivity index (χ3v) is 4.43. The molecule has 21 heavy (non-hydrogen) atoms. The number of aryl methyl sites for hydroxylation is 1. The highest BCUT2D eigenvalue weighted by atomic mass is 32.2. The average molecular weight is 307 g/mol. The van der Waals surface area contributed by atoms with Crippen LogP contribution in [0, 0.1) is 12.7 Å². The van der Waals surface area contributed by atoms with Crippen molar-refractivity contribution in [2.24, 2.45) is 0 Å². The van der Waals surface area contributed by atoms with E-state index in [0.717, 1.165) is 11.1 Å². The van der Waals surface area contributed by atoms with Gasteiger partial charge in [0.05, 0.1) is 10.6 Å². The van der Waals surface area contributed by atoms with E-state index in [0.29, 0.717) is 5.69 Å². The minimum atomic E-state index is -3.20. The van der Waals surface area contributed by atoms with Gasteiger partial charge in [0.1, 0.15) is 5.82 Å². The molecule has 0 spiro atoms. The van der Waals surface area contributed by atoms with Crippen LogP contribution in [0.25, 0.3) is 0 Å². The van der Waals surface area contributed by atoms with Crippen LogP contribution in [0.4, 0.5) is 10.1 Å². The molecule has 2 rings (SSSR count). The van der Waals surface area contributed by atoms with Crippen molar-refractivity contribution in [2.75, 3.05) is 11.6 Å². The van der Waals surface area contributed by atoms with Crippen molar-refractivity contribution >= 4 is 15.5 Å². The highest BCUT2D eigenvalue weighted by Crippen LogP contribution is 2.23. The van der Waals surface area contributed by atoms with E-state index in [2.05, 4.69) is 5.32 Å². The Morgan fingerprint density at radius 3 is 2.24 bits per heavy atom. The van der Waals surface area contributed by atoms with Crippen molar-refractivity contribution in [2.45, 2.75) is 24.8 Å². The van der Waals surface area contributed by atoms with Crippen molar-refractivity contribution in [1.29, 1.82) is 0 Å². The van der Waals surface area contributed by atoms with Crippen LogP contribution in [0.5, 0.6) is 0 Å². The van der Waals surface area contributed by atoms with Gasteiger partial charge in [-0.05, 0) is 49.2 Å². The largest absolute Gasteiger partial charge is 0.376 e. The Balaban J connectivity index is 2.18. The SMILES string of the molecule is Cc1ccc(NC(C)c2ccc(S(C)(=O)=O)cc2)c(F)c1. The third kappa shape index (κ3) is 3.82. The van der Waals surface area contributed by atoms with Crippen LogP contribution >= 0.6 is 0 Å². The second-order valence-electron chi connectivity index (χ2n) is 5.19. The molecule has 0 aliphatic carbocycles. The normalized spacial score (nSPS) is 13.0. The summed E-state index contributed by atoms with van der Waals surface area (Å²) < 4.78 is 36.6. The summed E-state index contributed by atoms with van der Waals surface area (Å²) in [4.78, 5) is 0.278. The molecule has 5 heteroatoms. The molecule has 0 aliphatic heterocycles. The molecule has 0 radical (unpaired) electrons. The molecule has 2 aromatic rings. The summed E-state index contributed by atoms with van der Waals surface area (Å²) in [5.41, 5.74) is 2.19. The van der Waals surface area contributed by atoms with E-state index in [1.54, 1.807) is 30.3 Å². The Hall–Kier alpha value is -1.88. The van der Waals surface area contributed by atoms with Crippen molar-refractivity contribution in [1.82, 2.24) is 0 Å². The lowest BCUT2D eigenvalue weighted by molar-refractivity contribution is 0.602. The lowest BCUT2D eigenvalue weighted by atomic mass is 10.1. The predicted octanol–water partition coefficient (Wildman–Crippen LogP) is 3.71. The minimum Gasteiger partial charge on any atom is -0.376 e. The first-order valence-corrected chi connectivity index (χ1v) is 8.49. The second kappa shape index (κ2) is 5.85. The Morgan fingerprint density at radius 1 is 1.10 bits per heavy atom. The van der Waals surface area contributed by atoms with Crippen LogP contribution in [-0.4, -0.2) is 14.7 Å². The molecule has 3 nitrogen and oxygen atoms in total. The molecule has 0 fully saturated rings. The van der Waals surface area contributed by atoms with Crippen molar-refractivity contribution < 1.29 is 12.8 Å². The van der Waals surface area contributed by atoms with Crippen LogP contribution in [0.2, 0.25) is 0 Å². The summed E-state index contributed by atoms with van der Waals surface area (Å²) >= 11 is 0. The lowest BCUT2D eigenvalue weighted by Gasteiger charge is -2.17. The quantitative estimate of drug-likeness (QED) is 0.936. The van der Waals surface area contributed by atoms with Crippen LogP contribution in [0.3, 0.4) is 0 Å². The highest BCUT2D eigenvalue weighted by molar-refractivity contribution is 7.90. The van der Waals surface area contributed by atoms with Gasteiger partial charge in [-0.15, -0.1) is 0 Å². The number of nitrogens with one attached hydrogen (secondary N) is 1. The third-order valence-electron chi connectivity index (χ3n) is 3.30. The molecule has 112 valence electrons. The molecule has 1 atom stereocenters. The highest BCUT2D eigenvalue weighted by Gasteiger charge is 2.11. The fourth-order valence-electron chi connectivity index (χ4n) is 2.06. The maximum absolute atomic E-state index is 13.8. The van der Waals surface area contributed by atoms with Crippen LogP contribution in [0.15, 0.2) is 47.4 Å². The summed E-state index contributed by atoms with van der Waals surface area (Å²) in [6.07, 6.45) is 1.17. The van der Waals surface area contributed by atoms with Crippen molar-refractivity contribution in [3.8, 4) is 0 Å². The van der Waals surface area contributed by atoms with E-state index in [9.17, 15) is 12.8 Å². The van der Waals surface area contributed by atoms with E-state index < -0.39 is 9.84 Å². The number of rotatable bonds is 4. The maximum Gasteiger partial charge on any atom is 0.175 e. The molecule has 0 saturated heterocycles. The summed E-state index contributed by atoms with van der Waals surface area (Å²) in [5.74, 6) is -0.297. The standard InChI is InChI=1S/C16H18FNO2S/c1-11-4-9-16(15(17)10-11)18-12(2)13-5-7-14(8-6-13)21(3,19)20/h4-10,12,18H,1-3H3. The van der Waals surface area contributed by atoms with Gasteiger partial charge in [-0.3, -0.25) is 0 Å². The van der Waals surface area contributed by atoms with Gasteiger partial charge in [-0.1, -0.05) is 18.2 Å². The zero-order valence-electron chi connectivity index (χ0n) is 12.2. The number of sulfone groups is 1. The number of halogens is 1. The summed E-state index contributed by atoms with van der Waals surface area (Å²) in [6.45, 7) is 3.73. The number of hydrogen-bond donors (Lipinski definition) is 1. The van der Waals surface area contributed by atoms with Gasteiger partial charge in [0.2, 0.25) is 0 Å². The van der Waals surface area contributed by atoms with E-state index in [1.165, 1.54) is 12.3 Å². The van der Waals surface area contributed by atoms with Crippen molar-refractivity contribution in [3.05, 3.63) is 59.4 Å². The van der Waals surface area contributed by atoms with E-state index >= 15 is 0 Å². The molecule has 0 heterocycles. The molecule has 0 amide bonds. The first-order valence-electron chi connectivity index (χ1n) is 6.60. The van der Waals surface area contributed by atoms with E-state index in [-0.39, 0.29) is 16.8 Å². The molecule has 1 unspecified atom stereocenters. The molecule has 0 bridgehead atoms. The summed E-state index contributed by atoms with van der Waals surface area (Å²) in [7, 11) is -3.20. The first-order chi connectivity index (χ1) is 9.77. The van der Waals surface area contributed by atoms with Crippen LogP contribution < -0.4 is 5.32 Å². The Bertz CT molecular complexity index is 739. The van der Waals surface area contributed by atoms with Gasteiger partial charge in [-0.2, -0.15) is 0 Å². The summed E-state index contributed by atoms with van der Waals surface area (Å²) in [6, 6.07) is 11.5. The molecular formula is C16H18FNO2S. The predicted molar refractivity (Wildman–Crippen MR) is 82.7 cm³/mol. The molecular weight excluding hydrogens is 289 g/mol. The zero-order valence-corrected chi connectivity index (χ0v) is 13.0. The fraction of sp³-hybridized carbons (Fsp3) is 0.250. The molecule has 0 aromatic heterocycles. The van der Waals surface area contributed by atoms with Crippen LogP contribution in [-0.2, 0) is 9.84 Å². The molecule has 2 aromatic carbocycles. The average Bonchev–Trinajstić information content (AvgIpc) is 2.41. The number of anilines is 1. The second-order valence-corrected chi connectivity index (χ2v) is 7.21. The molecule has 0 saturated carbocycles. The van der Waals surface area contributed by atoms with Gasteiger partial charge < -0.3 is 5.32 Å². The summed E-state index contributed by atoms with van der Waals surface area (Å²) in [5, 5.41) is 3.09. The molecule has 1 N–H and O–H groups in total. The Kier molecular flexibility index (Phi) is 4.32.